The highest BCUT2D eigenvalue weighted by molar-refractivity contribution is 5.67. The molecule has 0 spiro atoms. The molecule has 1 aliphatic rings. The van der Waals surface area contributed by atoms with E-state index in [0.29, 0.717) is 6.42 Å². The van der Waals surface area contributed by atoms with Gasteiger partial charge >= 0.3 is 5.97 Å². The van der Waals surface area contributed by atoms with Crippen molar-refractivity contribution in [3.63, 3.8) is 0 Å². The van der Waals surface area contributed by atoms with Crippen LogP contribution in [0.1, 0.15) is 18.4 Å². The second-order valence-corrected chi connectivity index (χ2v) is 4.00. The molecule has 1 aromatic carbocycles. The van der Waals surface area contributed by atoms with Gasteiger partial charge in [-0.2, -0.15) is 0 Å². The molecule has 0 radical (unpaired) electrons. The second-order valence-electron chi connectivity index (χ2n) is 4.00. The number of benzene rings is 1. The maximum absolute atomic E-state index is 10.5. The van der Waals surface area contributed by atoms with Crippen molar-refractivity contribution in [2.24, 2.45) is 0 Å². The Morgan fingerprint density at radius 3 is 3.12 bits per heavy atom. The zero-order valence-corrected chi connectivity index (χ0v) is 9.19. The van der Waals surface area contributed by atoms with E-state index in [1.165, 1.54) is 5.56 Å². The van der Waals surface area contributed by atoms with Gasteiger partial charge in [-0.1, -0.05) is 6.07 Å². The number of fused-ring (bicyclic) bond motifs is 1. The minimum absolute atomic E-state index is 0.211. The number of ether oxygens (including phenoxy) is 1. The fraction of sp³-hybridized carbons (Fsp3) is 0.417. The lowest BCUT2D eigenvalue weighted by Crippen LogP contribution is -2.16. The van der Waals surface area contributed by atoms with E-state index in [4.69, 9.17) is 9.84 Å². The minimum atomic E-state index is -0.740. The highest BCUT2D eigenvalue weighted by atomic mass is 16.5. The van der Waals surface area contributed by atoms with E-state index >= 15 is 0 Å². The molecule has 1 aliphatic heterocycles. The molecular formula is C12H15NO3. The van der Waals surface area contributed by atoms with E-state index in [1.807, 2.05) is 18.2 Å². The Morgan fingerprint density at radius 1 is 1.62 bits per heavy atom. The fourth-order valence-electron chi connectivity index (χ4n) is 2.00. The predicted octanol–water partition coefficient (Wildman–Crippen LogP) is 1.90. The summed E-state index contributed by atoms with van der Waals surface area (Å²) in [7, 11) is 1.64. The molecular weight excluding hydrogens is 206 g/mol. The van der Waals surface area contributed by atoms with Crippen LogP contribution in [0.5, 0.6) is 5.75 Å². The molecule has 4 heteroatoms. The first kappa shape index (κ1) is 10.8. The van der Waals surface area contributed by atoms with Crippen LogP contribution < -0.4 is 10.1 Å². The van der Waals surface area contributed by atoms with Gasteiger partial charge in [-0.3, -0.25) is 4.79 Å². The second kappa shape index (κ2) is 4.43. The van der Waals surface area contributed by atoms with Crippen molar-refractivity contribution in [3.05, 3.63) is 23.8 Å². The minimum Gasteiger partial charge on any atom is -0.497 e. The number of carbonyl (C=O) groups is 1. The molecule has 0 aromatic heterocycles. The van der Waals surface area contributed by atoms with Gasteiger partial charge in [0.05, 0.1) is 7.11 Å². The van der Waals surface area contributed by atoms with E-state index in [-0.39, 0.29) is 12.5 Å². The number of carboxylic acid groups (broad SMARTS) is 1. The van der Waals surface area contributed by atoms with Gasteiger partial charge in [0.25, 0.3) is 0 Å². The number of aliphatic carboxylic acids is 1. The van der Waals surface area contributed by atoms with Crippen LogP contribution >= 0.6 is 0 Å². The number of anilines is 1. The summed E-state index contributed by atoms with van der Waals surface area (Å²) in [5.41, 5.74) is 2.30. The van der Waals surface area contributed by atoms with Gasteiger partial charge in [-0.25, -0.2) is 0 Å². The molecule has 2 rings (SSSR count). The summed E-state index contributed by atoms with van der Waals surface area (Å²) >= 11 is 0. The molecule has 1 aromatic rings. The SMILES string of the molecule is COc1ccc2c(c1)NC(CCC(=O)O)C2. The van der Waals surface area contributed by atoms with Crippen molar-refractivity contribution < 1.29 is 14.6 Å². The van der Waals surface area contributed by atoms with E-state index in [1.54, 1.807) is 7.11 Å². The summed E-state index contributed by atoms with van der Waals surface area (Å²) in [5, 5.41) is 11.9. The van der Waals surface area contributed by atoms with Crippen LogP contribution in [0.2, 0.25) is 0 Å². The van der Waals surface area contributed by atoms with Crippen molar-refractivity contribution in [1.29, 1.82) is 0 Å². The van der Waals surface area contributed by atoms with Gasteiger partial charge < -0.3 is 15.2 Å². The summed E-state index contributed by atoms with van der Waals surface area (Å²) in [6, 6.07) is 6.15. The zero-order chi connectivity index (χ0) is 11.5. The van der Waals surface area contributed by atoms with Crippen molar-refractivity contribution in [3.8, 4) is 5.75 Å². The Morgan fingerprint density at radius 2 is 2.44 bits per heavy atom. The standard InChI is InChI=1S/C12H15NO3/c1-16-10-4-2-8-6-9(3-5-12(14)15)13-11(8)7-10/h2,4,7,9,13H,3,5-6H2,1H3,(H,14,15). The molecule has 1 heterocycles. The van der Waals surface area contributed by atoms with Gasteiger partial charge in [0, 0.05) is 24.2 Å². The monoisotopic (exact) mass is 221 g/mol. The normalized spacial score (nSPS) is 17.7. The molecule has 0 fully saturated rings. The molecule has 1 atom stereocenters. The van der Waals surface area contributed by atoms with Crippen LogP contribution in [0.25, 0.3) is 0 Å². The number of carboxylic acids is 1. The van der Waals surface area contributed by atoms with Crippen molar-refractivity contribution in [2.45, 2.75) is 25.3 Å². The third-order valence-electron chi connectivity index (χ3n) is 2.85. The molecule has 16 heavy (non-hydrogen) atoms. The quantitative estimate of drug-likeness (QED) is 0.815. The molecule has 0 aliphatic carbocycles. The first-order valence-corrected chi connectivity index (χ1v) is 5.34. The Labute approximate surface area is 94.2 Å². The van der Waals surface area contributed by atoms with Crippen molar-refractivity contribution >= 4 is 11.7 Å². The molecule has 0 amide bonds. The van der Waals surface area contributed by atoms with E-state index in [0.717, 1.165) is 17.9 Å². The molecule has 0 bridgehead atoms. The van der Waals surface area contributed by atoms with Gasteiger partial charge in [0.1, 0.15) is 5.75 Å². The Balaban J connectivity index is 2.00. The highest BCUT2D eigenvalue weighted by Gasteiger charge is 2.21. The van der Waals surface area contributed by atoms with Crippen LogP contribution in [-0.4, -0.2) is 24.2 Å². The van der Waals surface area contributed by atoms with Crippen LogP contribution in [0.15, 0.2) is 18.2 Å². The number of nitrogens with one attached hydrogen (secondary N) is 1. The summed E-state index contributed by atoms with van der Waals surface area (Å²) in [6.07, 6.45) is 1.77. The van der Waals surface area contributed by atoms with Gasteiger partial charge in [-0.05, 0) is 24.5 Å². The van der Waals surface area contributed by atoms with Crippen molar-refractivity contribution in [1.82, 2.24) is 0 Å². The topological polar surface area (TPSA) is 58.6 Å². The lowest BCUT2D eigenvalue weighted by Gasteiger charge is -2.09. The number of rotatable bonds is 4. The molecule has 86 valence electrons. The maximum atomic E-state index is 10.5. The van der Waals surface area contributed by atoms with E-state index in [9.17, 15) is 4.79 Å². The number of hydrogen-bond donors (Lipinski definition) is 2. The Kier molecular flexibility index (Phi) is 2.99. The highest BCUT2D eigenvalue weighted by Crippen LogP contribution is 2.30. The predicted molar refractivity (Wildman–Crippen MR) is 61.0 cm³/mol. The van der Waals surface area contributed by atoms with Gasteiger partial charge in [0.15, 0.2) is 0 Å². The van der Waals surface area contributed by atoms with E-state index < -0.39 is 5.97 Å². The molecule has 0 saturated heterocycles. The lowest BCUT2D eigenvalue weighted by molar-refractivity contribution is -0.137. The molecule has 4 nitrogen and oxygen atoms in total. The third kappa shape index (κ3) is 2.27. The Bertz CT molecular complexity index is 403. The summed E-state index contributed by atoms with van der Waals surface area (Å²) in [4.78, 5) is 10.5. The van der Waals surface area contributed by atoms with Gasteiger partial charge in [0.2, 0.25) is 0 Å². The summed E-state index contributed by atoms with van der Waals surface area (Å²) in [5.74, 6) is 0.0838. The number of methoxy groups -OCH3 is 1. The summed E-state index contributed by atoms with van der Waals surface area (Å²) in [6.45, 7) is 0. The third-order valence-corrected chi connectivity index (χ3v) is 2.85. The first-order chi connectivity index (χ1) is 7.69. The average molecular weight is 221 g/mol. The molecule has 1 unspecified atom stereocenters. The van der Waals surface area contributed by atoms with Gasteiger partial charge in [-0.15, -0.1) is 0 Å². The lowest BCUT2D eigenvalue weighted by atomic mass is 10.1. The van der Waals surface area contributed by atoms with Crippen LogP contribution in [0.4, 0.5) is 5.69 Å². The van der Waals surface area contributed by atoms with E-state index in [2.05, 4.69) is 5.32 Å². The van der Waals surface area contributed by atoms with Crippen LogP contribution in [-0.2, 0) is 11.2 Å². The van der Waals surface area contributed by atoms with Crippen molar-refractivity contribution in [2.75, 3.05) is 12.4 Å². The molecule has 2 N–H and O–H groups in total. The smallest absolute Gasteiger partial charge is 0.303 e. The maximum Gasteiger partial charge on any atom is 0.303 e. The molecule has 0 saturated carbocycles. The Hall–Kier alpha value is -1.71. The average Bonchev–Trinajstić information content (AvgIpc) is 2.67. The largest absolute Gasteiger partial charge is 0.497 e. The first-order valence-electron chi connectivity index (χ1n) is 5.34. The summed E-state index contributed by atoms with van der Waals surface area (Å²) < 4.78 is 5.14. The zero-order valence-electron chi connectivity index (χ0n) is 9.19. The fourth-order valence-corrected chi connectivity index (χ4v) is 2.00. The van der Waals surface area contributed by atoms with Crippen LogP contribution in [0, 0.1) is 0 Å². The van der Waals surface area contributed by atoms with Crippen LogP contribution in [0.3, 0.4) is 0 Å². The number of hydrogen-bond acceptors (Lipinski definition) is 3.